The molecule has 0 unspecified atom stereocenters. The maximum atomic E-state index is 11.9. The lowest BCUT2D eigenvalue weighted by molar-refractivity contribution is 0.410. The Morgan fingerprint density at radius 2 is 1.81 bits per heavy atom. The number of hydrogen-bond donors (Lipinski definition) is 2. The molecule has 0 saturated carbocycles. The summed E-state index contributed by atoms with van der Waals surface area (Å²) in [5, 5.41) is 14.5. The zero-order valence-corrected chi connectivity index (χ0v) is 15.5. The molecule has 2 N–H and O–H groups in total. The van der Waals surface area contributed by atoms with Gasteiger partial charge in [-0.15, -0.1) is 0 Å². The Morgan fingerprint density at radius 1 is 1.08 bits per heavy atom. The van der Waals surface area contributed by atoms with Gasteiger partial charge in [-0.1, -0.05) is 51.1 Å². The second-order valence-electron chi connectivity index (χ2n) is 6.93. The van der Waals surface area contributed by atoms with Gasteiger partial charge in [0.25, 0.3) is 0 Å². The average molecular weight is 351 g/mol. The van der Waals surface area contributed by atoms with Crippen molar-refractivity contribution in [2.24, 2.45) is 5.92 Å². The van der Waals surface area contributed by atoms with Crippen molar-refractivity contribution in [3.8, 4) is 5.75 Å². The molecule has 1 aromatic heterocycles. The highest BCUT2D eigenvalue weighted by Gasteiger charge is 2.16. The van der Waals surface area contributed by atoms with Gasteiger partial charge in [0.1, 0.15) is 11.3 Å². The summed E-state index contributed by atoms with van der Waals surface area (Å²) < 4.78 is 5.28. The lowest BCUT2D eigenvalue weighted by atomic mass is 9.95. The lowest BCUT2D eigenvalue weighted by Gasteiger charge is -2.23. The van der Waals surface area contributed by atoms with E-state index in [0.29, 0.717) is 24.5 Å². The molecule has 4 nitrogen and oxygen atoms in total. The molecule has 0 fully saturated rings. The molecule has 0 radical (unpaired) electrons. The molecule has 0 bridgehead atoms. The van der Waals surface area contributed by atoms with Gasteiger partial charge >= 0.3 is 5.63 Å². The number of aryl methyl sites for hydroxylation is 1. The minimum Gasteiger partial charge on any atom is -0.508 e. The number of benzene rings is 2. The number of aromatic hydroxyl groups is 1. The second kappa shape index (κ2) is 7.75. The molecule has 0 aliphatic carbocycles. The Labute approximate surface area is 153 Å². The van der Waals surface area contributed by atoms with E-state index in [0.717, 1.165) is 16.5 Å². The van der Waals surface area contributed by atoms with E-state index in [-0.39, 0.29) is 11.8 Å². The van der Waals surface area contributed by atoms with Gasteiger partial charge in [-0.3, -0.25) is 0 Å². The number of hydrogen-bond acceptors (Lipinski definition) is 4. The Morgan fingerprint density at radius 3 is 2.46 bits per heavy atom. The average Bonchev–Trinajstić information content (AvgIpc) is 2.61. The van der Waals surface area contributed by atoms with Crippen LogP contribution in [0.15, 0.2) is 57.7 Å². The van der Waals surface area contributed by atoms with Crippen molar-refractivity contribution in [3.63, 3.8) is 0 Å². The van der Waals surface area contributed by atoms with Crippen LogP contribution >= 0.6 is 0 Å². The van der Waals surface area contributed by atoms with Crippen LogP contribution in [0, 0.1) is 5.92 Å². The molecular weight excluding hydrogens is 326 g/mol. The van der Waals surface area contributed by atoms with Crippen molar-refractivity contribution in [1.82, 2.24) is 5.32 Å². The van der Waals surface area contributed by atoms with Gasteiger partial charge in [0.2, 0.25) is 0 Å². The van der Waals surface area contributed by atoms with E-state index in [1.807, 2.05) is 31.2 Å². The molecule has 0 aliphatic rings. The predicted octanol–water partition coefficient (Wildman–Crippen LogP) is 4.55. The lowest BCUT2D eigenvalue weighted by Crippen LogP contribution is -2.25. The second-order valence-corrected chi connectivity index (χ2v) is 6.93. The van der Waals surface area contributed by atoms with Crippen molar-refractivity contribution >= 4 is 11.0 Å². The van der Waals surface area contributed by atoms with Crippen molar-refractivity contribution < 1.29 is 9.52 Å². The van der Waals surface area contributed by atoms with Gasteiger partial charge in [0.05, 0.1) is 0 Å². The minimum atomic E-state index is -0.404. The van der Waals surface area contributed by atoms with Crippen LogP contribution in [0.25, 0.3) is 11.0 Å². The summed E-state index contributed by atoms with van der Waals surface area (Å²) in [4.78, 5) is 11.9. The number of phenols is 1. The maximum absolute atomic E-state index is 11.9. The van der Waals surface area contributed by atoms with Gasteiger partial charge in [-0.2, -0.15) is 0 Å². The molecule has 1 heterocycles. The minimum absolute atomic E-state index is 0.164. The van der Waals surface area contributed by atoms with Crippen molar-refractivity contribution in [2.45, 2.75) is 39.8 Å². The monoisotopic (exact) mass is 351 g/mol. The van der Waals surface area contributed by atoms with Gasteiger partial charge in [0.15, 0.2) is 0 Å². The van der Waals surface area contributed by atoms with Crippen LogP contribution in [0.2, 0.25) is 0 Å². The molecule has 0 spiro atoms. The molecule has 1 atom stereocenters. The molecule has 0 saturated heterocycles. The molecule has 3 rings (SSSR count). The molecule has 136 valence electrons. The van der Waals surface area contributed by atoms with Gasteiger partial charge in [-0.05, 0) is 35.1 Å². The van der Waals surface area contributed by atoms with Crippen LogP contribution in [0.4, 0.5) is 0 Å². The van der Waals surface area contributed by atoms with Crippen LogP contribution < -0.4 is 10.9 Å². The summed E-state index contributed by atoms with van der Waals surface area (Å²) in [7, 11) is 0. The van der Waals surface area contributed by atoms with E-state index in [2.05, 4.69) is 31.3 Å². The third-order valence-corrected chi connectivity index (χ3v) is 4.75. The van der Waals surface area contributed by atoms with Crippen LogP contribution in [0.3, 0.4) is 0 Å². The summed E-state index contributed by atoms with van der Waals surface area (Å²) >= 11 is 0. The van der Waals surface area contributed by atoms with E-state index in [1.54, 1.807) is 0 Å². The van der Waals surface area contributed by atoms with Crippen molar-refractivity contribution in [2.75, 3.05) is 0 Å². The third-order valence-electron chi connectivity index (χ3n) is 4.75. The van der Waals surface area contributed by atoms with E-state index in [4.69, 9.17) is 4.42 Å². The molecule has 0 amide bonds. The summed E-state index contributed by atoms with van der Waals surface area (Å²) in [5.41, 5.74) is 2.97. The maximum Gasteiger partial charge on any atom is 0.336 e. The Bertz CT molecular complexity index is 945. The first-order valence-corrected chi connectivity index (χ1v) is 9.06. The normalized spacial score (nSPS) is 12.6. The van der Waals surface area contributed by atoms with Crippen molar-refractivity contribution in [1.29, 1.82) is 0 Å². The Kier molecular flexibility index (Phi) is 5.43. The number of rotatable bonds is 6. The molecular formula is C22H25NO3. The van der Waals surface area contributed by atoms with Gasteiger partial charge < -0.3 is 14.8 Å². The first kappa shape index (κ1) is 18.2. The predicted molar refractivity (Wildman–Crippen MR) is 104 cm³/mol. The number of phenolic OH excluding ortho intramolecular Hbond substituents is 1. The summed E-state index contributed by atoms with van der Waals surface area (Å²) in [6.07, 6.45) is 0.715. The topological polar surface area (TPSA) is 62.5 Å². The fourth-order valence-electron chi connectivity index (χ4n) is 3.36. The molecule has 0 aliphatic heterocycles. The standard InChI is InChI=1S/C22H25NO3/c1-4-15-10-18-17(11-21(25)26-20(18)12-19(15)24)13-23-22(14(2)3)16-8-6-5-7-9-16/h5-12,14,22-24H,4,13H2,1-3H3/t22-/m1/s1. The fourth-order valence-corrected chi connectivity index (χ4v) is 3.36. The Hall–Kier alpha value is -2.59. The van der Waals surface area contributed by atoms with Crippen LogP contribution in [-0.4, -0.2) is 5.11 Å². The largest absolute Gasteiger partial charge is 0.508 e. The highest BCUT2D eigenvalue weighted by Crippen LogP contribution is 2.28. The van der Waals surface area contributed by atoms with E-state index >= 15 is 0 Å². The van der Waals surface area contributed by atoms with E-state index < -0.39 is 5.63 Å². The van der Waals surface area contributed by atoms with Crippen LogP contribution in [0.1, 0.15) is 43.5 Å². The molecule has 3 aromatic rings. The smallest absolute Gasteiger partial charge is 0.336 e. The van der Waals surface area contributed by atoms with Crippen LogP contribution in [0.5, 0.6) is 5.75 Å². The molecule has 26 heavy (non-hydrogen) atoms. The summed E-state index contributed by atoms with van der Waals surface area (Å²) in [5.74, 6) is 0.566. The van der Waals surface area contributed by atoms with Gasteiger partial charge in [0, 0.05) is 30.1 Å². The Balaban J connectivity index is 1.96. The SMILES string of the molecule is CCc1cc2c(CN[C@@H](c3ccccc3)C(C)C)cc(=O)oc2cc1O. The quantitative estimate of drug-likeness (QED) is 0.640. The molecule has 4 heteroatoms. The highest BCUT2D eigenvalue weighted by atomic mass is 16.4. The molecule has 2 aromatic carbocycles. The summed E-state index contributed by atoms with van der Waals surface area (Å²) in [6.45, 7) is 6.89. The zero-order valence-electron chi connectivity index (χ0n) is 15.5. The van der Waals surface area contributed by atoms with Crippen LogP contribution in [-0.2, 0) is 13.0 Å². The zero-order chi connectivity index (χ0) is 18.7. The van der Waals surface area contributed by atoms with Gasteiger partial charge in [-0.25, -0.2) is 4.79 Å². The fraction of sp³-hybridized carbons (Fsp3) is 0.318. The first-order chi connectivity index (χ1) is 12.5. The summed E-state index contributed by atoms with van der Waals surface area (Å²) in [6, 6.07) is 15.5. The van der Waals surface area contributed by atoms with E-state index in [9.17, 15) is 9.90 Å². The first-order valence-electron chi connectivity index (χ1n) is 9.06. The van der Waals surface area contributed by atoms with Crippen molar-refractivity contribution in [3.05, 3.63) is 75.6 Å². The highest BCUT2D eigenvalue weighted by molar-refractivity contribution is 5.82. The number of nitrogens with one attached hydrogen (secondary N) is 1. The number of fused-ring (bicyclic) bond motifs is 1. The van der Waals surface area contributed by atoms with E-state index in [1.165, 1.54) is 17.7 Å². The third kappa shape index (κ3) is 3.81.